The Morgan fingerprint density at radius 2 is 2.00 bits per heavy atom. The Morgan fingerprint density at radius 1 is 1.38 bits per heavy atom. The van der Waals surface area contributed by atoms with E-state index < -0.39 is 41.8 Å². The van der Waals surface area contributed by atoms with Gasteiger partial charge in [0.1, 0.15) is 12.4 Å². The van der Waals surface area contributed by atoms with Gasteiger partial charge in [0, 0.05) is 5.56 Å². The largest absolute Gasteiger partial charge is 0.503 e. The first kappa shape index (κ1) is 14.7. The Kier molecular flexibility index (Phi) is 3.75. The summed E-state index contributed by atoms with van der Waals surface area (Å²) in [6.45, 7) is 0.624. The first-order chi connectivity index (χ1) is 9.84. The van der Waals surface area contributed by atoms with E-state index in [-0.39, 0.29) is 11.1 Å². The van der Waals surface area contributed by atoms with Crippen LogP contribution in [0.5, 0.6) is 0 Å². The molecule has 0 aromatic heterocycles. The molecule has 0 radical (unpaired) electrons. The van der Waals surface area contributed by atoms with Crippen LogP contribution in [-0.4, -0.2) is 34.1 Å². The Hall–Kier alpha value is -2.70. The van der Waals surface area contributed by atoms with Gasteiger partial charge in [-0.25, -0.2) is 4.39 Å². The number of carbonyl (C=O) groups excluding carboxylic acids is 3. The van der Waals surface area contributed by atoms with Gasteiger partial charge in [0.2, 0.25) is 5.91 Å². The molecule has 2 rings (SSSR count). The van der Waals surface area contributed by atoms with Crippen LogP contribution in [0.25, 0.3) is 0 Å². The van der Waals surface area contributed by atoms with Gasteiger partial charge in [0.15, 0.2) is 11.5 Å². The third kappa shape index (κ3) is 2.49. The molecule has 0 spiro atoms. The summed E-state index contributed by atoms with van der Waals surface area (Å²) in [5, 5.41) is 9.83. The first-order valence-electron chi connectivity index (χ1n) is 6.12. The summed E-state index contributed by atoms with van der Waals surface area (Å²) < 4.78 is 14.0. The van der Waals surface area contributed by atoms with E-state index in [1.165, 1.54) is 18.2 Å². The summed E-state index contributed by atoms with van der Waals surface area (Å²) in [5.41, 5.74) is 4.84. The molecule has 1 atom stereocenters. The zero-order chi connectivity index (χ0) is 15.7. The minimum absolute atomic E-state index is 0.0151. The Morgan fingerprint density at radius 3 is 2.52 bits per heavy atom. The number of carbonyl (C=O) groups is 3. The molecule has 0 saturated heterocycles. The average Bonchev–Trinajstić information content (AvgIpc) is 2.63. The Labute approximate surface area is 119 Å². The molecule has 7 heteroatoms. The van der Waals surface area contributed by atoms with E-state index in [4.69, 9.17) is 5.73 Å². The number of primary amides is 1. The summed E-state index contributed by atoms with van der Waals surface area (Å²) in [6, 6.07) is 4.35. The Balaban J connectivity index is 2.60. The SMILES string of the molecule is CC(=O)C1=C(O)C(=O)N(CC(N)=O)[C@@H]1c1ccccc1F. The van der Waals surface area contributed by atoms with Gasteiger partial charge in [-0.1, -0.05) is 18.2 Å². The highest BCUT2D eigenvalue weighted by Gasteiger charge is 2.43. The fourth-order valence-electron chi connectivity index (χ4n) is 2.36. The van der Waals surface area contributed by atoms with Crippen LogP contribution in [0.4, 0.5) is 4.39 Å². The number of ketones is 1. The molecule has 3 N–H and O–H groups in total. The van der Waals surface area contributed by atoms with Crippen molar-refractivity contribution in [3.05, 3.63) is 47.0 Å². The van der Waals surface area contributed by atoms with Crippen molar-refractivity contribution in [3.63, 3.8) is 0 Å². The lowest BCUT2D eigenvalue weighted by Crippen LogP contribution is -2.38. The highest BCUT2D eigenvalue weighted by Crippen LogP contribution is 2.38. The molecule has 6 nitrogen and oxygen atoms in total. The number of hydrogen-bond donors (Lipinski definition) is 2. The summed E-state index contributed by atoms with van der Waals surface area (Å²) >= 11 is 0. The van der Waals surface area contributed by atoms with E-state index in [1.807, 2.05) is 0 Å². The van der Waals surface area contributed by atoms with Crippen LogP contribution < -0.4 is 5.73 Å². The van der Waals surface area contributed by atoms with Crippen molar-refractivity contribution in [3.8, 4) is 0 Å². The third-order valence-electron chi connectivity index (χ3n) is 3.21. The molecule has 0 aliphatic carbocycles. The molecule has 0 unspecified atom stereocenters. The molecule has 1 aromatic carbocycles. The van der Waals surface area contributed by atoms with Crippen molar-refractivity contribution in [1.29, 1.82) is 0 Å². The smallest absolute Gasteiger partial charge is 0.290 e. The van der Waals surface area contributed by atoms with E-state index in [1.54, 1.807) is 0 Å². The van der Waals surface area contributed by atoms with E-state index in [0.717, 1.165) is 17.9 Å². The second-order valence-corrected chi connectivity index (χ2v) is 4.64. The van der Waals surface area contributed by atoms with Crippen LogP contribution in [0, 0.1) is 5.82 Å². The maximum absolute atomic E-state index is 14.0. The van der Waals surface area contributed by atoms with Crippen LogP contribution in [0.3, 0.4) is 0 Å². The number of benzene rings is 1. The number of rotatable bonds is 4. The third-order valence-corrected chi connectivity index (χ3v) is 3.21. The normalized spacial score (nSPS) is 18.3. The fourth-order valence-corrected chi connectivity index (χ4v) is 2.36. The van der Waals surface area contributed by atoms with Gasteiger partial charge in [-0.05, 0) is 13.0 Å². The first-order valence-corrected chi connectivity index (χ1v) is 6.12. The summed E-state index contributed by atoms with van der Waals surface area (Å²) in [4.78, 5) is 35.7. The molecule has 0 fully saturated rings. The number of nitrogens with two attached hydrogens (primary N) is 1. The minimum Gasteiger partial charge on any atom is -0.503 e. The second kappa shape index (κ2) is 5.35. The number of amides is 2. The molecular formula is C14H13FN2O4. The van der Waals surface area contributed by atoms with Crippen LogP contribution in [0.1, 0.15) is 18.5 Å². The van der Waals surface area contributed by atoms with E-state index in [2.05, 4.69) is 0 Å². The number of halogens is 1. The van der Waals surface area contributed by atoms with Gasteiger partial charge >= 0.3 is 0 Å². The molecule has 1 aromatic rings. The topological polar surface area (TPSA) is 101 Å². The predicted octanol–water partition coefficient (Wildman–Crippen LogP) is 0.595. The van der Waals surface area contributed by atoms with E-state index >= 15 is 0 Å². The van der Waals surface area contributed by atoms with Crippen LogP contribution >= 0.6 is 0 Å². The summed E-state index contributed by atoms with van der Waals surface area (Å²) in [5.74, 6) is -3.77. The quantitative estimate of drug-likeness (QED) is 0.848. The number of aliphatic hydroxyl groups excluding tert-OH is 1. The highest BCUT2D eigenvalue weighted by molar-refractivity contribution is 6.08. The predicted molar refractivity (Wildman–Crippen MR) is 70.4 cm³/mol. The number of aliphatic hydroxyl groups is 1. The number of hydrogen-bond acceptors (Lipinski definition) is 4. The van der Waals surface area contributed by atoms with Crippen LogP contribution in [0.15, 0.2) is 35.6 Å². The van der Waals surface area contributed by atoms with Crippen LogP contribution in [-0.2, 0) is 14.4 Å². The zero-order valence-corrected chi connectivity index (χ0v) is 11.2. The average molecular weight is 292 g/mol. The lowest BCUT2D eigenvalue weighted by Gasteiger charge is -2.25. The summed E-state index contributed by atoms with van der Waals surface area (Å²) in [7, 11) is 0. The molecule has 110 valence electrons. The fraction of sp³-hybridized carbons (Fsp3) is 0.214. The van der Waals surface area contributed by atoms with E-state index in [9.17, 15) is 23.9 Å². The highest BCUT2D eigenvalue weighted by atomic mass is 19.1. The van der Waals surface area contributed by atoms with Crippen molar-refractivity contribution in [2.24, 2.45) is 5.73 Å². The Bertz CT molecular complexity index is 669. The molecule has 1 aliphatic heterocycles. The monoisotopic (exact) mass is 292 g/mol. The molecule has 0 saturated carbocycles. The van der Waals surface area contributed by atoms with Crippen molar-refractivity contribution >= 4 is 17.6 Å². The second-order valence-electron chi connectivity index (χ2n) is 4.64. The van der Waals surface area contributed by atoms with Gasteiger partial charge < -0.3 is 15.7 Å². The molecule has 2 amide bonds. The van der Waals surface area contributed by atoms with Crippen molar-refractivity contribution in [2.75, 3.05) is 6.54 Å². The maximum Gasteiger partial charge on any atom is 0.290 e. The standard InChI is InChI=1S/C14H13FN2O4/c1-7(18)11-12(8-4-2-3-5-9(8)15)17(6-10(16)19)14(21)13(11)20/h2-5,12,20H,6H2,1H3,(H2,16,19)/t12-/m1/s1. The molecule has 1 aliphatic rings. The van der Waals surface area contributed by atoms with Crippen molar-refractivity contribution in [2.45, 2.75) is 13.0 Å². The number of nitrogens with zero attached hydrogens (tertiary/aromatic N) is 1. The summed E-state index contributed by atoms with van der Waals surface area (Å²) in [6.07, 6.45) is 0. The number of Topliss-reactive ketones (excluding diaryl/α,β-unsaturated/α-hetero) is 1. The minimum atomic E-state index is -1.16. The lowest BCUT2D eigenvalue weighted by atomic mass is 9.96. The van der Waals surface area contributed by atoms with Crippen LogP contribution in [0.2, 0.25) is 0 Å². The van der Waals surface area contributed by atoms with Gasteiger partial charge in [-0.3, -0.25) is 14.4 Å². The molecule has 21 heavy (non-hydrogen) atoms. The van der Waals surface area contributed by atoms with Crippen molar-refractivity contribution in [1.82, 2.24) is 4.90 Å². The van der Waals surface area contributed by atoms with Crippen molar-refractivity contribution < 1.29 is 23.9 Å². The van der Waals surface area contributed by atoms with Gasteiger partial charge in [-0.15, -0.1) is 0 Å². The zero-order valence-electron chi connectivity index (χ0n) is 11.2. The lowest BCUT2D eigenvalue weighted by molar-refractivity contribution is -0.133. The van der Waals surface area contributed by atoms with Gasteiger partial charge in [0.05, 0.1) is 11.6 Å². The molecular weight excluding hydrogens is 279 g/mol. The maximum atomic E-state index is 14.0. The van der Waals surface area contributed by atoms with Gasteiger partial charge in [0.25, 0.3) is 5.91 Å². The molecule has 0 bridgehead atoms. The van der Waals surface area contributed by atoms with E-state index in [0.29, 0.717) is 0 Å². The molecule has 1 heterocycles. The van der Waals surface area contributed by atoms with Gasteiger partial charge in [-0.2, -0.15) is 0 Å².